The second-order valence-corrected chi connectivity index (χ2v) is 7.21. The van der Waals surface area contributed by atoms with Crippen LogP contribution in [0.2, 0.25) is 0 Å². The van der Waals surface area contributed by atoms with Gasteiger partial charge in [0.2, 0.25) is 0 Å². The van der Waals surface area contributed by atoms with Gasteiger partial charge in [-0.15, -0.1) is 0 Å². The molecular formula is C24H16F3NO5. The summed E-state index contributed by atoms with van der Waals surface area (Å²) in [6, 6.07) is 10.1. The van der Waals surface area contributed by atoms with Crippen molar-refractivity contribution in [1.29, 1.82) is 0 Å². The minimum atomic E-state index is -1.34. The van der Waals surface area contributed by atoms with Gasteiger partial charge >= 0.3 is 0 Å². The summed E-state index contributed by atoms with van der Waals surface area (Å²) in [7, 11) is 1.27. The lowest BCUT2D eigenvalue weighted by Crippen LogP contribution is -2.29. The molecular weight excluding hydrogens is 439 g/mol. The fourth-order valence-electron chi connectivity index (χ4n) is 3.75. The Morgan fingerprint density at radius 2 is 1.73 bits per heavy atom. The lowest BCUT2D eigenvalue weighted by molar-refractivity contribution is -0.132. The molecule has 168 valence electrons. The number of hydrogen-bond donors (Lipinski definition) is 2. The highest BCUT2D eigenvalue weighted by atomic mass is 19.2. The first-order valence-corrected chi connectivity index (χ1v) is 9.61. The summed E-state index contributed by atoms with van der Waals surface area (Å²) >= 11 is 0. The van der Waals surface area contributed by atoms with Crippen molar-refractivity contribution in [2.45, 2.75) is 6.04 Å². The summed E-state index contributed by atoms with van der Waals surface area (Å²) in [5.74, 6) is -6.33. The zero-order valence-electron chi connectivity index (χ0n) is 17.1. The summed E-state index contributed by atoms with van der Waals surface area (Å²) in [6.45, 7) is 0. The van der Waals surface area contributed by atoms with Crippen molar-refractivity contribution >= 4 is 23.1 Å². The molecule has 0 radical (unpaired) electrons. The number of aliphatic hydroxyl groups is 1. The van der Waals surface area contributed by atoms with Gasteiger partial charge < -0.3 is 14.9 Å². The van der Waals surface area contributed by atoms with Crippen LogP contribution in [0.4, 0.5) is 18.9 Å². The number of rotatable bonds is 4. The van der Waals surface area contributed by atoms with Gasteiger partial charge in [-0.3, -0.25) is 14.5 Å². The van der Waals surface area contributed by atoms with E-state index in [2.05, 4.69) is 0 Å². The number of ketones is 1. The van der Waals surface area contributed by atoms with E-state index < -0.39 is 46.5 Å². The van der Waals surface area contributed by atoms with Crippen LogP contribution in [0.5, 0.6) is 11.5 Å². The normalized spacial score (nSPS) is 17.5. The van der Waals surface area contributed by atoms with Gasteiger partial charge in [0.1, 0.15) is 23.1 Å². The van der Waals surface area contributed by atoms with Crippen molar-refractivity contribution in [2.24, 2.45) is 0 Å². The molecule has 3 aromatic rings. The minimum Gasteiger partial charge on any atom is -0.508 e. The van der Waals surface area contributed by atoms with Crippen molar-refractivity contribution in [3.63, 3.8) is 0 Å². The fraction of sp³-hybridized carbons (Fsp3) is 0.0833. The lowest BCUT2D eigenvalue weighted by Gasteiger charge is -2.25. The minimum absolute atomic E-state index is 0.0302. The quantitative estimate of drug-likeness (QED) is 0.345. The predicted octanol–water partition coefficient (Wildman–Crippen LogP) is 4.44. The SMILES string of the molecule is COc1ccc(F)cc1/C(O)=C1\C(=O)C(=O)N(c2ccc(F)c(F)c2)C1c1cccc(O)c1. The van der Waals surface area contributed by atoms with Crippen LogP contribution in [0, 0.1) is 17.5 Å². The van der Waals surface area contributed by atoms with Crippen LogP contribution < -0.4 is 9.64 Å². The lowest BCUT2D eigenvalue weighted by atomic mass is 9.94. The maximum atomic E-state index is 14.0. The van der Waals surface area contributed by atoms with Gasteiger partial charge in [0, 0.05) is 11.8 Å². The number of ether oxygens (including phenoxy) is 1. The second kappa shape index (κ2) is 8.34. The Morgan fingerprint density at radius 3 is 2.39 bits per heavy atom. The zero-order valence-corrected chi connectivity index (χ0v) is 17.1. The van der Waals surface area contributed by atoms with E-state index in [0.29, 0.717) is 0 Å². The van der Waals surface area contributed by atoms with E-state index in [1.54, 1.807) is 0 Å². The first kappa shape index (κ1) is 21.9. The number of carbonyl (C=O) groups excluding carboxylic acids is 2. The van der Waals surface area contributed by atoms with Gasteiger partial charge in [0.05, 0.1) is 24.3 Å². The molecule has 1 heterocycles. The number of Topliss-reactive ketones (excluding diaryl/α,β-unsaturated/α-hetero) is 1. The van der Waals surface area contributed by atoms with Crippen molar-refractivity contribution < 1.29 is 37.7 Å². The average molecular weight is 455 g/mol. The molecule has 9 heteroatoms. The van der Waals surface area contributed by atoms with E-state index in [4.69, 9.17) is 4.74 Å². The van der Waals surface area contributed by atoms with E-state index >= 15 is 0 Å². The number of halogens is 3. The molecule has 3 aromatic carbocycles. The molecule has 2 N–H and O–H groups in total. The summed E-state index contributed by atoms with van der Waals surface area (Å²) in [4.78, 5) is 26.9. The predicted molar refractivity (Wildman–Crippen MR) is 112 cm³/mol. The fourth-order valence-corrected chi connectivity index (χ4v) is 3.75. The standard InChI is InChI=1S/C24H16F3NO5/c1-33-19-8-5-13(25)10-16(19)22(30)20-21(12-3-2-4-15(29)9-12)28(24(32)23(20)31)14-6-7-17(26)18(27)11-14/h2-11,21,29-30H,1H3/b22-20+. The number of aliphatic hydroxyl groups excluding tert-OH is 1. The van der Waals surface area contributed by atoms with Gasteiger partial charge in [-0.05, 0) is 48.0 Å². The Bertz CT molecular complexity index is 1320. The van der Waals surface area contributed by atoms with E-state index in [0.717, 1.165) is 35.2 Å². The van der Waals surface area contributed by atoms with Crippen LogP contribution >= 0.6 is 0 Å². The number of anilines is 1. The van der Waals surface area contributed by atoms with Crippen molar-refractivity contribution in [2.75, 3.05) is 12.0 Å². The molecule has 1 saturated heterocycles. The Balaban J connectivity index is 2.00. The first-order valence-electron chi connectivity index (χ1n) is 9.61. The maximum Gasteiger partial charge on any atom is 0.300 e. The van der Waals surface area contributed by atoms with Crippen molar-refractivity contribution in [3.05, 3.63) is 94.8 Å². The van der Waals surface area contributed by atoms with Crippen LogP contribution in [-0.2, 0) is 9.59 Å². The Kier molecular flexibility index (Phi) is 5.55. The molecule has 33 heavy (non-hydrogen) atoms. The maximum absolute atomic E-state index is 14.0. The molecule has 0 spiro atoms. The Labute approximate surface area is 185 Å². The number of nitrogens with zero attached hydrogens (tertiary/aromatic N) is 1. The van der Waals surface area contributed by atoms with Crippen LogP contribution in [0.25, 0.3) is 5.76 Å². The van der Waals surface area contributed by atoms with E-state index in [9.17, 15) is 33.0 Å². The second-order valence-electron chi connectivity index (χ2n) is 7.21. The monoisotopic (exact) mass is 455 g/mol. The molecule has 0 aromatic heterocycles. The number of carbonyl (C=O) groups is 2. The van der Waals surface area contributed by atoms with E-state index in [-0.39, 0.29) is 28.3 Å². The van der Waals surface area contributed by atoms with Gasteiger partial charge in [0.15, 0.2) is 11.6 Å². The molecule has 0 aliphatic carbocycles. The van der Waals surface area contributed by atoms with Crippen molar-refractivity contribution in [1.82, 2.24) is 0 Å². The smallest absolute Gasteiger partial charge is 0.300 e. The van der Waals surface area contributed by atoms with Crippen molar-refractivity contribution in [3.8, 4) is 11.5 Å². The molecule has 1 atom stereocenters. The molecule has 0 bridgehead atoms. The number of methoxy groups -OCH3 is 1. The first-order chi connectivity index (χ1) is 15.7. The molecule has 6 nitrogen and oxygen atoms in total. The van der Waals surface area contributed by atoms with Gasteiger partial charge in [0.25, 0.3) is 11.7 Å². The molecule has 1 amide bonds. The highest BCUT2D eigenvalue weighted by Gasteiger charge is 2.47. The third kappa shape index (κ3) is 3.78. The zero-order chi connectivity index (χ0) is 23.9. The molecule has 1 aliphatic heterocycles. The molecule has 1 unspecified atom stereocenters. The van der Waals surface area contributed by atoms with Crippen LogP contribution in [0.15, 0.2) is 66.2 Å². The number of aromatic hydroxyl groups is 1. The average Bonchev–Trinajstić information content (AvgIpc) is 3.06. The number of hydrogen-bond acceptors (Lipinski definition) is 5. The highest BCUT2D eigenvalue weighted by molar-refractivity contribution is 6.51. The molecule has 1 aliphatic rings. The molecule has 1 fully saturated rings. The van der Waals surface area contributed by atoms with E-state index in [1.807, 2.05) is 0 Å². The van der Waals surface area contributed by atoms with Crippen LogP contribution in [-0.4, -0.2) is 29.0 Å². The summed E-state index contributed by atoms with van der Waals surface area (Å²) in [6.07, 6.45) is 0. The summed E-state index contributed by atoms with van der Waals surface area (Å²) in [5, 5.41) is 21.0. The van der Waals surface area contributed by atoms with Gasteiger partial charge in [-0.1, -0.05) is 12.1 Å². The Hall–Kier alpha value is -4.27. The van der Waals surface area contributed by atoms with Gasteiger partial charge in [-0.2, -0.15) is 0 Å². The number of phenols is 1. The van der Waals surface area contributed by atoms with E-state index in [1.165, 1.54) is 37.4 Å². The van der Waals surface area contributed by atoms with Gasteiger partial charge in [-0.25, -0.2) is 13.2 Å². The molecule has 4 rings (SSSR count). The number of amides is 1. The summed E-state index contributed by atoms with van der Waals surface area (Å²) < 4.78 is 46.5. The van der Waals surface area contributed by atoms with Crippen LogP contribution in [0.3, 0.4) is 0 Å². The number of benzene rings is 3. The highest BCUT2D eigenvalue weighted by Crippen LogP contribution is 2.44. The summed E-state index contributed by atoms with van der Waals surface area (Å²) in [5.41, 5.74) is -0.601. The molecule has 0 saturated carbocycles. The largest absolute Gasteiger partial charge is 0.508 e. The topological polar surface area (TPSA) is 87.1 Å². The van der Waals surface area contributed by atoms with Crippen LogP contribution in [0.1, 0.15) is 17.2 Å². The Morgan fingerprint density at radius 1 is 0.970 bits per heavy atom. The third-order valence-corrected chi connectivity index (χ3v) is 5.23. The third-order valence-electron chi connectivity index (χ3n) is 5.23. The number of phenolic OH excluding ortho intramolecular Hbond substituents is 1.